The topological polar surface area (TPSA) is 43.1 Å². The van der Waals surface area contributed by atoms with Gasteiger partial charge in [0.1, 0.15) is 0 Å². The van der Waals surface area contributed by atoms with Crippen molar-refractivity contribution in [2.24, 2.45) is 5.73 Å². The van der Waals surface area contributed by atoms with Crippen LogP contribution in [0.2, 0.25) is 10.0 Å². The Hall–Kier alpha value is -0.320. The predicted octanol–water partition coefficient (Wildman–Crippen LogP) is 2.92. The van der Waals surface area contributed by atoms with Gasteiger partial charge in [-0.3, -0.25) is 4.79 Å². The number of hydrogen-bond donors (Lipinski definition) is 1. The lowest BCUT2D eigenvalue weighted by Crippen LogP contribution is -2.25. The molecule has 15 heavy (non-hydrogen) atoms. The van der Waals surface area contributed by atoms with Gasteiger partial charge < -0.3 is 5.73 Å². The molecule has 0 heterocycles. The molecule has 82 valence electrons. The maximum atomic E-state index is 13.0. The van der Waals surface area contributed by atoms with Crippen LogP contribution in [0.25, 0.3) is 0 Å². The number of carbonyl (C=O) groups excluding carboxylic acids is 1. The van der Waals surface area contributed by atoms with E-state index in [0.29, 0.717) is 12.0 Å². The molecule has 0 saturated carbocycles. The van der Waals surface area contributed by atoms with Gasteiger partial charge in [0.2, 0.25) is 5.91 Å². The first-order chi connectivity index (χ1) is 6.91. The Morgan fingerprint density at radius 2 is 1.93 bits per heavy atom. The molecule has 2 nitrogen and oxygen atoms in total. The van der Waals surface area contributed by atoms with Crippen LogP contribution >= 0.6 is 39.1 Å². The zero-order chi connectivity index (χ0) is 11.6. The van der Waals surface area contributed by atoms with Crippen molar-refractivity contribution in [2.45, 2.75) is 11.2 Å². The second-order valence-electron chi connectivity index (χ2n) is 2.95. The summed E-state index contributed by atoms with van der Waals surface area (Å²) >= 11 is 14.3. The number of carbonyl (C=O) groups is 1. The predicted molar refractivity (Wildman–Crippen MR) is 62.0 cm³/mol. The van der Waals surface area contributed by atoms with Crippen LogP contribution in [-0.4, -0.2) is 10.7 Å². The number of primary amides is 1. The van der Waals surface area contributed by atoms with Crippen molar-refractivity contribution in [1.82, 2.24) is 0 Å². The summed E-state index contributed by atoms with van der Waals surface area (Å²) in [4.78, 5) is 10.3. The van der Waals surface area contributed by atoms with Gasteiger partial charge in [0.05, 0.1) is 14.9 Å². The third-order valence-corrected chi connectivity index (χ3v) is 3.09. The van der Waals surface area contributed by atoms with Crippen molar-refractivity contribution in [2.75, 3.05) is 0 Å². The Morgan fingerprint density at radius 1 is 1.47 bits per heavy atom. The SMILES string of the molecule is NC(=O)C(Br)Cc1cc(Cl)c(F)c(Cl)c1. The van der Waals surface area contributed by atoms with E-state index < -0.39 is 16.6 Å². The van der Waals surface area contributed by atoms with Gasteiger partial charge in [-0.25, -0.2) is 4.39 Å². The summed E-state index contributed by atoms with van der Waals surface area (Å²) in [7, 11) is 0. The van der Waals surface area contributed by atoms with Gasteiger partial charge in [0.15, 0.2) is 5.82 Å². The molecule has 0 spiro atoms. The maximum Gasteiger partial charge on any atom is 0.231 e. The lowest BCUT2D eigenvalue weighted by molar-refractivity contribution is -0.117. The zero-order valence-electron chi connectivity index (χ0n) is 7.44. The summed E-state index contributed by atoms with van der Waals surface area (Å²) in [6.45, 7) is 0. The molecule has 6 heteroatoms. The molecular weight excluding hydrogens is 308 g/mol. The zero-order valence-corrected chi connectivity index (χ0v) is 10.5. The monoisotopic (exact) mass is 313 g/mol. The maximum absolute atomic E-state index is 13.0. The molecule has 0 fully saturated rings. The number of halogens is 4. The largest absolute Gasteiger partial charge is 0.369 e. The summed E-state index contributed by atoms with van der Waals surface area (Å²) in [5.41, 5.74) is 5.71. The fourth-order valence-electron chi connectivity index (χ4n) is 1.03. The minimum atomic E-state index is -0.660. The molecular formula is C9H7BrCl2FNO. The van der Waals surface area contributed by atoms with Crippen molar-refractivity contribution in [3.63, 3.8) is 0 Å². The van der Waals surface area contributed by atoms with E-state index in [1.54, 1.807) is 0 Å². The van der Waals surface area contributed by atoms with Crippen molar-refractivity contribution in [3.8, 4) is 0 Å². The number of benzene rings is 1. The van der Waals surface area contributed by atoms with Crippen LogP contribution in [0, 0.1) is 5.82 Å². The van der Waals surface area contributed by atoms with Crippen LogP contribution in [-0.2, 0) is 11.2 Å². The molecule has 0 saturated heterocycles. The molecule has 0 bridgehead atoms. The third-order valence-electron chi connectivity index (χ3n) is 1.77. The van der Waals surface area contributed by atoms with Crippen molar-refractivity contribution in [1.29, 1.82) is 0 Å². The Labute approximate surface area is 105 Å². The van der Waals surface area contributed by atoms with Crippen molar-refractivity contribution >= 4 is 45.0 Å². The van der Waals surface area contributed by atoms with Crippen LogP contribution in [0.4, 0.5) is 4.39 Å². The first-order valence-electron chi connectivity index (χ1n) is 3.98. The van der Waals surface area contributed by atoms with Crippen LogP contribution in [0.15, 0.2) is 12.1 Å². The van der Waals surface area contributed by atoms with Gasteiger partial charge in [-0.2, -0.15) is 0 Å². The smallest absolute Gasteiger partial charge is 0.231 e. The lowest BCUT2D eigenvalue weighted by Gasteiger charge is -2.07. The van der Waals surface area contributed by atoms with E-state index in [4.69, 9.17) is 28.9 Å². The summed E-state index contributed by atoms with van der Waals surface area (Å²) < 4.78 is 13.0. The summed E-state index contributed by atoms with van der Waals surface area (Å²) in [6, 6.07) is 2.83. The molecule has 1 aromatic rings. The van der Waals surface area contributed by atoms with Crippen molar-refractivity contribution < 1.29 is 9.18 Å². The second-order valence-corrected chi connectivity index (χ2v) is 4.87. The lowest BCUT2D eigenvalue weighted by atomic mass is 10.1. The molecule has 1 rings (SSSR count). The molecule has 1 aromatic carbocycles. The molecule has 2 N–H and O–H groups in total. The average Bonchev–Trinajstić information content (AvgIpc) is 2.13. The Morgan fingerprint density at radius 3 is 2.33 bits per heavy atom. The Balaban J connectivity index is 2.92. The van der Waals surface area contributed by atoms with E-state index in [0.717, 1.165) is 0 Å². The highest BCUT2D eigenvalue weighted by atomic mass is 79.9. The van der Waals surface area contributed by atoms with Gasteiger partial charge in [0.25, 0.3) is 0 Å². The molecule has 1 amide bonds. The highest BCUT2D eigenvalue weighted by molar-refractivity contribution is 9.10. The van der Waals surface area contributed by atoms with E-state index in [1.165, 1.54) is 12.1 Å². The number of nitrogens with two attached hydrogens (primary N) is 1. The van der Waals surface area contributed by atoms with Gasteiger partial charge in [-0.05, 0) is 24.1 Å². The van der Waals surface area contributed by atoms with Crippen LogP contribution in [0.3, 0.4) is 0 Å². The first-order valence-corrected chi connectivity index (χ1v) is 5.65. The molecule has 1 atom stereocenters. The van der Waals surface area contributed by atoms with Gasteiger partial charge in [0, 0.05) is 0 Å². The average molecular weight is 315 g/mol. The van der Waals surface area contributed by atoms with Crippen LogP contribution < -0.4 is 5.73 Å². The fraction of sp³-hybridized carbons (Fsp3) is 0.222. The minimum Gasteiger partial charge on any atom is -0.369 e. The van der Waals surface area contributed by atoms with E-state index in [2.05, 4.69) is 15.9 Å². The second kappa shape index (κ2) is 5.14. The quantitative estimate of drug-likeness (QED) is 0.676. The number of amides is 1. The summed E-state index contributed by atoms with van der Waals surface area (Å²) in [5, 5.41) is -0.136. The Bertz CT molecular complexity index is 377. The van der Waals surface area contributed by atoms with Gasteiger partial charge >= 0.3 is 0 Å². The number of alkyl halides is 1. The first kappa shape index (κ1) is 12.7. The number of hydrogen-bond acceptors (Lipinski definition) is 1. The highest BCUT2D eigenvalue weighted by Gasteiger charge is 2.14. The summed E-state index contributed by atoms with van der Waals surface area (Å²) in [6.07, 6.45) is 0.315. The van der Waals surface area contributed by atoms with Gasteiger partial charge in [-0.15, -0.1) is 0 Å². The van der Waals surface area contributed by atoms with Crippen LogP contribution in [0.1, 0.15) is 5.56 Å². The van der Waals surface area contributed by atoms with E-state index in [-0.39, 0.29) is 10.0 Å². The molecule has 0 radical (unpaired) electrons. The number of rotatable bonds is 3. The van der Waals surface area contributed by atoms with E-state index in [9.17, 15) is 9.18 Å². The fourth-order valence-corrected chi connectivity index (χ4v) is 1.94. The van der Waals surface area contributed by atoms with E-state index >= 15 is 0 Å². The molecule has 0 aliphatic rings. The molecule has 0 aromatic heterocycles. The van der Waals surface area contributed by atoms with Gasteiger partial charge in [-0.1, -0.05) is 39.1 Å². The standard InChI is InChI=1S/C9H7BrCl2FNO/c10-5(9(14)15)1-4-2-6(11)8(13)7(12)3-4/h2-3,5H,1H2,(H2,14,15). The third kappa shape index (κ3) is 3.33. The molecule has 1 unspecified atom stereocenters. The normalized spacial score (nSPS) is 12.5. The molecule has 0 aliphatic heterocycles. The van der Waals surface area contributed by atoms with Crippen LogP contribution in [0.5, 0.6) is 0 Å². The minimum absolute atomic E-state index is 0.0679. The summed E-state index contributed by atoms with van der Waals surface area (Å²) in [5.74, 6) is -1.15. The van der Waals surface area contributed by atoms with E-state index in [1.807, 2.05) is 0 Å². The Kier molecular flexibility index (Phi) is 4.37. The molecule has 0 aliphatic carbocycles. The highest BCUT2D eigenvalue weighted by Crippen LogP contribution is 2.25. The van der Waals surface area contributed by atoms with Crippen molar-refractivity contribution in [3.05, 3.63) is 33.6 Å².